The van der Waals surface area contributed by atoms with Crippen LogP contribution >= 0.6 is 15.9 Å². The first kappa shape index (κ1) is 14.4. The van der Waals surface area contributed by atoms with Crippen molar-refractivity contribution in [1.29, 1.82) is 0 Å². The fourth-order valence-electron chi connectivity index (χ4n) is 2.90. The lowest BCUT2D eigenvalue weighted by atomic mass is 10.2. The lowest BCUT2D eigenvalue weighted by Crippen LogP contribution is -2.47. The summed E-state index contributed by atoms with van der Waals surface area (Å²) in [6, 6.07) is 4.17. The number of fused-ring (bicyclic) bond motifs is 1. The predicted molar refractivity (Wildman–Crippen MR) is 91.9 cm³/mol. The van der Waals surface area contributed by atoms with Gasteiger partial charge in [0.15, 0.2) is 0 Å². The summed E-state index contributed by atoms with van der Waals surface area (Å²) in [6.07, 6.45) is 5.27. The number of rotatable bonds is 2. The van der Waals surface area contributed by atoms with Gasteiger partial charge in [0.2, 0.25) is 0 Å². The van der Waals surface area contributed by atoms with Crippen molar-refractivity contribution in [2.75, 3.05) is 36.0 Å². The number of halogens is 1. The van der Waals surface area contributed by atoms with E-state index in [4.69, 9.17) is 0 Å². The molecule has 3 aromatic heterocycles. The van der Waals surface area contributed by atoms with Gasteiger partial charge in [-0.2, -0.15) is 14.6 Å². The number of hydrogen-bond acceptors (Lipinski definition) is 6. The Morgan fingerprint density at radius 2 is 1.83 bits per heavy atom. The van der Waals surface area contributed by atoms with Crippen molar-refractivity contribution in [2.45, 2.75) is 6.92 Å². The lowest BCUT2D eigenvalue weighted by molar-refractivity contribution is 0.637. The topological polar surface area (TPSA) is 62.5 Å². The predicted octanol–water partition coefficient (Wildman–Crippen LogP) is 1.92. The molecule has 1 aliphatic rings. The summed E-state index contributed by atoms with van der Waals surface area (Å²) in [5.74, 6) is 1.70. The van der Waals surface area contributed by atoms with E-state index in [0.29, 0.717) is 5.78 Å². The average Bonchev–Trinajstić information content (AvgIpc) is 3.02. The van der Waals surface area contributed by atoms with Crippen LogP contribution in [-0.4, -0.2) is 50.7 Å². The van der Waals surface area contributed by atoms with E-state index in [1.54, 1.807) is 12.5 Å². The summed E-state index contributed by atoms with van der Waals surface area (Å²) in [4.78, 5) is 17.5. The number of hydrogen-bond donors (Lipinski definition) is 0. The molecule has 0 unspecified atom stereocenters. The zero-order valence-corrected chi connectivity index (χ0v) is 14.3. The van der Waals surface area contributed by atoms with Gasteiger partial charge in [-0.1, -0.05) is 0 Å². The van der Waals surface area contributed by atoms with Crippen molar-refractivity contribution in [3.8, 4) is 0 Å². The van der Waals surface area contributed by atoms with E-state index in [2.05, 4.69) is 57.9 Å². The van der Waals surface area contributed by atoms with Gasteiger partial charge in [0.05, 0.1) is 11.9 Å². The highest BCUT2D eigenvalue weighted by Gasteiger charge is 2.20. The lowest BCUT2D eigenvalue weighted by Gasteiger charge is -2.37. The van der Waals surface area contributed by atoms with Crippen molar-refractivity contribution >= 4 is 33.2 Å². The van der Waals surface area contributed by atoms with Crippen LogP contribution in [0.15, 0.2) is 35.3 Å². The van der Waals surface area contributed by atoms with Crippen LogP contribution in [0.1, 0.15) is 5.69 Å². The Bertz CT molecular complexity index is 839. The van der Waals surface area contributed by atoms with Gasteiger partial charge in [0, 0.05) is 48.6 Å². The molecule has 0 saturated carbocycles. The highest BCUT2D eigenvalue weighted by Crippen LogP contribution is 2.22. The zero-order valence-electron chi connectivity index (χ0n) is 12.7. The molecule has 0 aliphatic carbocycles. The van der Waals surface area contributed by atoms with Gasteiger partial charge in [0.1, 0.15) is 12.1 Å². The minimum atomic E-state index is 0.651. The number of aromatic nitrogens is 5. The normalized spacial score (nSPS) is 15.4. The Kier molecular flexibility index (Phi) is 3.60. The summed E-state index contributed by atoms with van der Waals surface area (Å²) in [7, 11) is 0. The Morgan fingerprint density at radius 3 is 2.61 bits per heavy atom. The van der Waals surface area contributed by atoms with Crippen LogP contribution in [0.25, 0.3) is 5.78 Å². The van der Waals surface area contributed by atoms with Crippen molar-refractivity contribution < 1.29 is 0 Å². The maximum atomic E-state index is 4.40. The Morgan fingerprint density at radius 1 is 1.04 bits per heavy atom. The van der Waals surface area contributed by atoms with E-state index in [-0.39, 0.29) is 0 Å². The number of nitrogens with zero attached hydrogens (tertiary/aromatic N) is 7. The quantitative estimate of drug-likeness (QED) is 0.683. The molecule has 1 saturated heterocycles. The summed E-state index contributed by atoms with van der Waals surface area (Å²) >= 11 is 3.48. The van der Waals surface area contributed by atoms with E-state index in [0.717, 1.165) is 47.9 Å². The third-order valence-electron chi connectivity index (χ3n) is 4.02. The van der Waals surface area contributed by atoms with E-state index < -0.39 is 0 Å². The highest BCUT2D eigenvalue weighted by atomic mass is 79.9. The molecule has 1 aliphatic heterocycles. The third-order valence-corrected chi connectivity index (χ3v) is 4.45. The first-order chi connectivity index (χ1) is 11.2. The monoisotopic (exact) mass is 373 g/mol. The molecule has 0 bridgehead atoms. The molecule has 118 valence electrons. The largest absolute Gasteiger partial charge is 0.367 e. The summed E-state index contributed by atoms with van der Waals surface area (Å²) in [5.41, 5.74) is 2.11. The van der Waals surface area contributed by atoms with E-state index in [1.165, 1.54) is 0 Å². The van der Waals surface area contributed by atoms with Crippen LogP contribution < -0.4 is 9.80 Å². The molecule has 0 amide bonds. The van der Waals surface area contributed by atoms with Crippen LogP contribution in [0.4, 0.5) is 11.5 Å². The van der Waals surface area contributed by atoms with Gasteiger partial charge in [0.25, 0.3) is 5.78 Å². The molecule has 7 nitrogen and oxygen atoms in total. The minimum Gasteiger partial charge on any atom is -0.367 e. The molecule has 3 aromatic rings. The fourth-order valence-corrected chi connectivity index (χ4v) is 3.26. The molecule has 0 spiro atoms. The molecule has 4 rings (SSSR count). The van der Waals surface area contributed by atoms with E-state index in [9.17, 15) is 0 Å². The van der Waals surface area contributed by atoms with Gasteiger partial charge < -0.3 is 9.80 Å². The molecule has 1 fully saturated rings. The molecule has 4 heterocycles. The Balaban J connectivity index is 1.56. The third kappa shape index (κ3) is 2.74. The molecule has 0 atom stereocenters. The SMILES string of the molecule is Cc1cc(N2CCN(c3cncc(Br)c3)CC2)n2ncnc2n1. The maximum Gasteiger partial charge on any atom is 0.254 e. The Labute approximate surface area is 142 Å². The maximum absolute atomic E-state index is 4.40. The summed E-state index contributed by atoms with van der Waals surface area (Å²) < 4.78 is 2.81. The van der Waals surface area contributed by atoms with Gasteiger partial charge in [-0.15, -0.1) is 0 Å². The second-order valence-electron chi connectivity index (χ2n) is 5.56. The molecule has 23 heavy (non-hydrogen) atoms. The zero-order chi connectivity index (χ0) is 15.8. The van der Waals surface area contributed by atoms with Crippen LogP contribution in [0.5, 0.6) is 0 Å². The van der Waals surface area contributed by atoms with Crippen LogP contribution in [0.3, 0.4) is 0 Å². The van der Waals surface area contributed by atoms with Crippen molar-refractivity contribution in [2.24, 2.45) is 0 Å². The number of anilines is 2. The van der Waals surface area contributed by atoms with Crippen LogP contribution in [0.2, 0.25) is 0 Å². The molecular formula is C15H16BrN7. The van der Waals surface area contributed by atoms with Crippen molar-refractivity contribution in [3.05, 3.63) is 41.0 Å². The van der Waals surface area contributed by atoms with Gasteiger partial charge >= 0.3 is 0 Å². The molecule has 8 heteroatoms. The van der Waals surface area contributed by atoms with Gasteiger partial charge in [-0.25, -0.2) is 4.98 Å². The second kappa shape index (κ2) is 5.77. The second-order valence-corrected chi connectivity index (χ2v) is 6.48. The first-order valence-corrected chi connectivity index (χ1v) is 8.28. The van der Waals surface area contributed by atoms with Crippen molar-refractivity contribution in [1.82, 2.24) is 24.6 Å². The molecule has 0 aromatic carbocycles. The minimum absolute atomic E-state index is 0.651. The highest BCUT2D eigenvalue weighted by molar-refractivity contribution is 9.10. The van der Waals surface area contributed by atoms with Crippen LogP contribution in [-0.2, 0) is 0 Å². The average molecular weight is 374 g/mol. The van der Waals surface area contributed by atoms with E-state index in [1.807, 2.05) is 17.6 Å². The number of piperazine rings is 1. The fraction of sp³-hybridized carbons (Fsp3) is 0.333. The summed E-state index contributed by atoms with van der Waals surface area (Å²) in [5, 5.41) is 4.30. The summed E-state index contributed by atoms with van der Waals surface area (Å²) in [6.45, 7) is 5.71. The van der Waals surface area contributed by atoms with Crippen molar-refractivity contribution in [3.63, 3.8) is 0 Å². The molecular weight excluding hydrogens is 358 g/mol. The van der Waals surface area contributed by atoms with Crippen LogP contribution in [0, 0.1) is 6.92 Å². The Hall–Kier alpha value is -2.22. The van der Waals surface area contributed by atoms with Gasteiger partial charge in [-0.05, 0) is 28.9 Å². The number of aryl methyl sites for hydroxylation is 1. The number of pyridine rings is 1. The first-order valence-electron chi connectivity index (χ1n) is 7.48. The van der Waals surface area contributed by atoms with E-state index >= 15 is 0 Å². The molecule has 0 N–H and O–H groups in total. The van der Waals surface area contributed by atoms with Gasteiger partial charge in [-0.3, -0.25) is 4.98 Å². The smallest absolute Gasteiger partial charge is 0.254 e. The molecule has 0 radical (unpaired) electrons. The standard InChI is InChI=1S/C15H16BrN7/c1-11-6-14(23-15(20-11)18-10-19-23)22-4-2-21(3-5-22)13-7-12(16)8-17-9-13/h6-10H,2-5H2,1H3.